The molecule has 0 spiro atoms. The molecule has 2 rings (SSSR count). The van der Waals surface area contributed by atoms with Crippen LogP contribution in [0.25, 0.3) is 0 Å². The van der Waals surface area contributed by atoms with Crippen molar-refractivity contribution in [3.05, 3.63) is 12.2 Å². The molecule has 1 heteroatoms. The molecule has 0 atom stereocenters. The maximum Gasteiger partial charge on any atom is 0.0650 e. The van der Waals surface area contributed by atoms with Crippen LogP contribution < -0.4 is 0 Å². The van der Waals surface area contributed by atoms with Gasteiger partial charge in [0.25, 0.3) is 0 Å². The number of rotatable bonds is 2. The summed E-state index contributed by atoms with van der Waals surface area (Å²) in [4.78, 5) is 0. The first-order chi connectivity index (χ1) is 5.29. The van der Waals surface area contributed by atoms with E-state index >= 15 is 0 Å². The van der Waals surface area contributed by atoms with Crippen molar-refractivity contribution in [1.82, 2.24) is 0 Å². The highest BCUT2D eigenvalue weighted by atomic mass is 16.3. The van der Waals surface area contributed by atoms with Crippen molar-refractivity contribution in [3.63, 3.8) is 0 Å². The van der Waals surface area contributed by atoms with Gasteiger partial charge in [0.1, 0.15) is 0 Å². The molecule has 0 aromatic rings. The molecular formula is C10H16O. The number of aliphatic hydroxyl groups is 1. The second-order valence-corrected chi connectivity index (χ2v) is 4.09. The van der Waals surface area contributed by atoms with Crippen molar-refractivity contribution >= 4 is 0 Å². The first kappa shape index (κ1) is 7.35. The zero-order valence-corrected chi connectivity index (χ0v) is 6.92. The minimum Gasteiger partial charge on any atom is -0.390 e. The van der Waals surface area contributed by atoms with E-state index in [-0.39, 0.29) is 5.60 Å². The average molecular weight is 152 g/mol. The normalized spacial score (nSPS) is 28.8. The summed E-state index contributed by atoms with van der Waals surface area (Å²) in [5, 5.41) is 9.84. The van der Waals surface area contributed by atoms with Gasteiger partial charge in [-0.25, -0.2) is 0 Å². The Morgan fingerprint density at radius 3 is 2.36 bits per heavy atom. The Balaban J connectivity index is 1.80. The van der Waals surface area contributed by atoms with E-state index in [2.05, 4.69) is 12.2 Å². The third-order valence-electron chi connectivity index (χ3n) is 3.06. The lowest BCUT2D eigenvalue weighted by molar-refractivity contribution is -0.0514. The van der Waals surface area contributed by atoms with Crippen LogP contribution in [0.15, 0.2) is 12.2 Å². The highest BCUT2D eigenvalue weighted by Crippen LogP contribution is 2.39. The summed E-state index contributed by atoms with van der Waals surface area (Å²) >= 11 is 0. The lowest BCUT2D eigenvalue weighted by Crippen LogP contribution is -2.38. The minimum atomic E-state index is -0.253. The third-order valence-corrected chi connectivity index (χ3v) is 3.06. The molecule has 11 heavy (non-hydrogen) atoms. The van der Waals surface area contributed by atoms with E-state index in [0.717, 1.165) is 25.2 Å². The van der Waals surface area contributed by atoms with E-state index in [4.69, 9.17) is 0 Å². The van der Waals surface area contributed by atoms with Gasteiger partial charge < -0.3 is 5.11 Å². The smallest absolute Gasteiger partial charge is 0.0650 e. The summed E-state index contributed by atoms with van der Waals surface area (Å²) in [6, 6.07) is 0. The fourth-order valence-corrected chi connectivity index (χ4v) is 2.17. The Kier molecular flexibility index (Phi) is 1.76. The van der Waals surface area contributed by atoms with Gasteiger partial charge in [-0.3, -0.25) is 0 Å². The average Bonchev–Trinajstić information content (AvgIpc) is 2.36. The molecule has 0 aromatic carbocycles. The minimum absolute atomic E-state index is 0.253. The van der Waals surface area contributed by atoms with E-state index in [1.807, 2.05) is 0 Å². The van der Waals surface area contributed by atoms with Gasteiger partial charge >= 0.3 is 0 Å². The summed E-state index contributed by atoms with van der Waals surface area (Å²) in [5.41, 5.74) is -0.253. The number of hydrogen-bond donors (Lipinski definition) is 1. The first-order valence-electron chi connectivity index (χ1n) is 4.66. The monoisotopic (exact) mass is 152 g/mol. The molecule has 0 unspecified atom stereocenters. The summed E-state index contributed by atoms with van der Waals surface area (Å²) in [7, 11) is 0. The molecule has 1 N–H and O–H groups in total. The maximum atomic E-state index is 9.84. The lowest BCUT2D eigenvalue weighted by atomic mass is 9.74. The fourth-order valence-electron chi connectivity index (χ4n) is 2.17. The van der Waals surface area contributed by atoms with Gasteiger partial charge in [0.05, 0.1) is 5.60 Å². The maximum absolute atomic E-state index is 9.84. The van der Waals surface area contributed by atoms with Gasteiger partial charge in [0.2, 0.25) is 0 Å². The van der Waals surface area contributed by atoms with Crippen molar-refractivity contribution in [2.75, 3.05) is 0 Å². The lowest BCUT2D eigenvalue weighted by Gasteiger charge is -2.38. The Hall–Kier alpha value is -0.300. The molecule has 62 valence electrons. The first-order valence-corrected chi connectivity index (χ1v) is 4.66. The topological polar surface area (TPSA) is 20.2 Å². The zero-order chi connectivity index (χ0) is 7.73. The molecule has 2 aliphatic carbocycles. The number of allylic oxidation sites excluding steroid dienone is 2. The van der Waals surface area contributed by atoms with Gasteiger partial charge in [-0.15, -0.1) is 0 Å². The van der Waals surface area contributed by atoms with E-state index < -0.39 is 0 Å². The van der Waals surface area contributed by atoms with E-state index in [0.29, 0.717) is 0 Å². The Labute approximate surface area is 68.1 Å². The van der Waals surface area contributed by atoms with E-state index in [1.54, 1.807) is 0 Å². The largest absolute Gasteiger partial charge is 0.390 e. The van der Waals surface area contributed by atoms with Crippen LogP contribution in [-0.2, 0) is 0 Å². The van der Waals surface area contributed by atoms with Crippen molar-refractivity contribution in [2.45, 2.75) is 44.1 Å². The van der Waals surface area contributed by atoms with Crippen molar-refractivity contribution in [3.8, 4) is 0 Å². The summed E-state index contributed by atoms with van der Waals surface area (Å²) in [6.07, 6.45) is 11.2. The van der Waals surface area contributed by atoms with Crippen molar-refractivity contribution in [2.24, 2.45) is 5.92 Å². The van der Waals surface area contributed by atoms with Gasteiger partial charge in [-0.05, 0) is 44.4 Å². The molecule has 0 aliphatic heterocycles. The van der Waals surface area contributed by atoms with Crippen LogP contribution in [0.3, 0.4) is 0 Å². The molecule has 0 aromatic heterocycles. The van der Waals surface area contributed by atoms with E-state index in [9.17, 15) is 5.11 Å². The molecular weight excluding hydrogens is 136 g/mol. The van der Waals surface area contributed by atoms with Crippen LogP contribution in [0.1, 0.15) is 38.5 Å². The van der Waals surface area contributed by atoms with Crippen LogP contribution in [-0.4, -0.2) is 10.7 Å². The van der Waals surface area contributed by atoms with Gasteiger partial charge in [-0.1, -0.05) is 12.2 Å². The molecule has 1 fully saturated rings. The van der Waals surface area contributed by atoms with Gasteiger partial charge in [-0.2, -0.15) is 0 Å². The molecule has 0 bridgehead atoms. The van der Waals surface area contributed by atoms with Crippen molar-refractivity contribution < 1.29 is 5.11 Å². The Bertz CT molecular complexity index is 160. The molecule has 2 aliphatic rings. The zero-order valence-electron chi connectivity index (χ0n) is 6.92. The van der Waals surface area contributed by atoms with Gasteiger partial charge in [0, 0.05) is 0 Å². The summed E-state index contributed by atoms with van der Waals surface area (Å²) < 4.78 is 0. The van der Waals surface area contributed by atoms with Crippen LogP contribution in [0.4, 0.5) is 0 Å². The highest BCUT2D eigenvalue weighted by molar-refractivity contribution is 4.98. The predicted octanol–water partition coefficient (Wildman–Crippen LogP) is 2.26. The standard InChI is InChI=1S/C10H16O/c11-10(6-3-7-10)8-9-4-1-2-5-9/h1-2,9,11H,3-8H2. The number of hydrogen-bond acceptors (Lipinski definition) is 1. The second-order valence-electron chi connectivity index (χ2n) is 4.09. The van der Waals surface area contributed by atoms with Crippen molar-refractivity contribution in [1.29, 1.82) is 0 Å². The van der Waals surface area contributed by atoms with Crippen LogP contribution in [0, 0.1) is 5.92 Å². The van der Waals surface area contributed by atoms with E-state index in [1.165, 1.54) is 19.3 Å². The molecule has 1 saturated carbocycles. The fraction of sp³-hybridized carbons (Fsp3) is 0.800. The summed E-state index contributed by atoms with van der Waals surface area (Å²) in [6.45, 7) is 0. The van der Waals surface area contributed by atoms with Crippen LogP contribution in [0.5, 0.6) is 0 Å². The Morgan fingerprint density at radius 1 is 1.27 bits per heavy atom. The molecule has 0 amide bonds. The Morgan fingerprint density at radius 2 is 1.91 bits per heavy atom. The van der Waals surface area contributed by atoms with Crippen LogP contribution >= 0.6 is 0 Å². The van der Waals surface area contributed by atoms with Gasteiger partial charge in [0.15, 0.2) is 0 Å². The van der Waals surface area contributed by atoms with Crippen LogP contribution in [0.2, 0.25) is 0 Å². The highest BCUT2D eigenvalue weighted by Gasteiger charge is 2.36. The predicted molar refractivity (Wildman–Crippen MR) is 45.3 cm³/mol. The quantitative estimate of drug-likeness (QED) is 0.602. The summed E-state index contributed by atoms with van der Waals surface area (Å²) in [5.74, 6) is 0.750. The molecule has 1 nitrogen and oxygen atoms in total. The SMILES string of the molecule is OC1(CC2CC=CC2)CCC1. The second kappa shape index (κ2) is 2.63. The third kappa shape index (κ3) is 1.48. The molecule has 0 radical (unpaired) electrons. The molecule has 0 heterocycles. The molecule has 0 saturated heterocycles.